The minimum absolute atomic E-state index is 0.140. The summed E-state index contributed by atoms with van der Waals surface area (Å²) < 4.78 is 18.2. The van der Waals surface area contributed by atoms with Gasteiger partial charge in [-0.3, -0.25) is 15.6 Å². The van der Waals surface area contributed by atoms with E-state index in [0.717, 1.165) is 12.0 Å². The summed E-state index contributed by atoms with van der Waals surface area (Å²) in [6.45, 7) is 1.91. The first-order chi connectivity index (χ1) is 11.6. The van der Waals surface area contributed by atoms with E-state index in [0.29, 0.717) is 11.4 Å². The van der Waals surface area contributed by atoms with Gasteiger partial charge in [0.2, 0.25) is 0 Å². The van der Waals surface area contributed by atoms with Gasteiger partial charge in [-0.15, -0.1) is 0 Å². The zero-order valence-electron chi connectivity index (χ0n) is 13.1. The summed E-state index contributed by atoms with van der Waals surface area (Å²) in [4.78, 5) is 11.7. The van der Waals surface area contributed by atoms with Gasteiger partial charge in [0, 0.05) is 5.69 Å². The van der Waals surface area contributed by atoms with Crippen molar-refractivity contribution in [2.45, 2.75) is 13.3 Å². The second-order valence-electron chi connectivity index (χ2n) is 4.92. The maximum absolute atomic E-state index is 12.8. The zero-order chi connectivity index (χ0) is 17.4. The Labute approximate surface area is 145 Å². The fourth-order valence-electron chi connectivity index (χ4n) is 1.86. The Balaban J connectivity index is 1.72. The highest BCUT2D eigenvalue weighted by Crippen LogP contribution is 2.13. The van der Waals surface area contributed by atoms with E-state index in [-0.39, 0.29) is 23.4 Å². The standard InChI is InChI=1S/C17H18FN3O2S/c1-2-12-4-3-5-15(10-12)23-11-16(22)20-21-17(24)19-14-8-6-13(18)7-9-14/h3-10H,2,11H2,1H3,(H,20,22)(H2,19,21,24). The second-order valence-corrected chi connectivity index (χ2v) is 5.33. The SMILES string of the molecule is CCc1cccc(OCC(=O)NNC(=S)Nc2ccc(F)cc2)c1. The van der Waals surface area contributed by atoms with Crippen molar-refractivity contribution in [2.24, 2.45) is 0 Å². The van der Waals surface area contributed by atoms with E-state index >= 15 is 0 Å². The maximum atomic E-state index is 12.8. The van der Waals surface area contributed by atoms with Crippen molar-refractivity contribution in [3.63, 3.8) is 0 Å². The van der Waals surface area contributed by atoms with E-state index in [9.17, 15) is 9.18 Å². The molecule has 0 atom stereocenters. The summed E-state index contributed by atoms with van der Waals surface area (Å²) in [5.74, 6) is -0.0753. The predicted octanol–water partition coefficient (Wildman–Crippen LogP) is 2.78. The van der Waals surface area contributed by atoms with Crippen LogP contribution in [0.3, 0.4) is 0 Å². The van der Waals surface area contributed by atoms with Crippen LogP contribution in [0.25, 0.3) is 0 Å². The van der Waals surface area contributed by atoms with Gasteiger partial charge in [0.05, 0.1) is 0 Å². The van der Waals surface area contributed by atoms with Crippen LogP contribution in [0, 0.1) is 5.82 Å². The third-order valence-electron chi connectivity index (χ3n) is 3.09. The molecule has 24 heavy (non-hydrogen) atoms. The van der Waals surface area contributed by atoms with Crippen molar-refractivity contribution in [3.8, 4) is 5.75 Å². The average molecular weight is 347 g/mol. The second kappa shape index (κ2) is 8.83. The number of halogens is 1. The first kappa shape index (κ1) is 17.7. The van der Waals surface area contributed by atoms with E-state index in [1.807, 2.05) is 25.1 Å². The molecule has 5 nitrogen and oxygen atoms in total. The topological polar surface area (TPSA) is 62.4 Å². The number of hydrogen-bond acceptors (Lipinski definition) is 3. The largest absolute Gasteiger partial charge is 0.484 e. The number of amides is 1. The van der Waals surface area contributed by atoms with Crippen molar-refractivity contribution in [1.82, 2.24) is 10.9 Å². The molecule has 0 saturated heterocycles. The molecule has 1 amide bonds. The summed E-state index contributed by atoms with van der Waals surface area (Å²) in [5, 5.41) is 2.99. The third-order valence-corrected chi connectivity index (χ3v) is 3.30. The van der Waals surface area contributed by atoms with Crippen molar-refractivity contribution in [3.05, 3.63) is 59.9 Å². The minimum atomic E-state index is -0.375. The number of carbonyl (C=O) groups is 1. The molecule has 3 N–H and O–H groups in total. The molecule has 0 aromatic heterocycles. The van der Waals surface area contributed by atoms with Crippen LogP contribution < -0.4 is 20.9 Å². The van der Waals surface area contributed by atoms with Gasteiger partial charge in [0.25, 0.3) is 5.91 Å². The van der Waals surface area contributed by atoms with E-state index in [1.165, 1.54) is 24.3 Å². The average Bonchev–Trinajstić information content (AvgIpc) is 2.60. The van der Waals surface area contributed by atoms with Gasteiger partial charge in [0.1, 0.15) is 11.6 Å². The van der Waals surface area contributed by atoms with Gasteiger partial charge in [-0.2, -0.15) is 0 Å². The first-order valence-electron chi connectivity index (χ1n) is 7.40. The van der Waals surface area contributed by atoms with Crippen LogP contribution in [0.15, 0.2) is 48.5 Å². The lowest BCUT2D eigenvalue weighted by molar-refractivity contribution is -0.123. The molecule has 0 aliphatic carbocycles. The fourth-order valence-corrected chi connectivity index (χ4v) is 2.03. The Hall–Kier alpha value is -2.67. The summed E-state index contributed by atoms with van der Waals surface area (Å²) in [6, 6.07) is 13.2. The summed E-state index contributed by atoms with van der Waals surface area (Å²) in [5.41, 5.74) is 6.71. The van der Waals surface area contributed by atoms with Gasteiger partial charge in [-0.1, -0.05) is 19.1 Å². The highest BCUT2D eigenvalue weighted by atomic mass is 32.1. The maximum Gasteiger partial charge on any atom is 0.276 e. The molecule has 0 unspecified atom stereocenters. The number of benzene rings is 2. The molecule has 7 heteroatoms. The third kappa shape index (κ3) is 5.85. The number of thiocarbonyl (C=S) groups is 1. The number of hydrogen-bond donors (Lipinski definition) is 3. The molecule has 0 aliphatic heterocycles. The van der Waals surface area contributed by atoms with Gasteiger partial charge in [0.15, 0.2) is 11.7 Å². The molecule has 2 rings (SSSR count). The van der Waals surface area contributed by atoms with Crippen LogP contribution >= 0.6 is 12.2 Å². The van der Waals surface area contributed by atoms with E-state index in [4.69, 9.17) is 17.0 Å². The number of rotatable bonds is 5. The molecule has 0 heterocycles. The summed E-state index contributed by atoms with van der Waals surface area (Å²) in [7, 11) is 0. The Kier molecular flexibility index (Phi) is 6.51. The molecule has 0 fully saturated rings. The van der Waals surface area contributed by atoms with Crippen LogP contribution in [0.5, 0.6) is 5.75 Å². The Morgan fingerprint density at radius 2 is 1.92 bits per heavy atom. The van der Waals surface area contributed by atoms with Crippen LogP contribution in [-0.2, 0) is 11.2 Å². The molecular weight excluding hydrogens is 329 g/mol. The Morgan fingerprint density at radius 1 is 1.17 bits per heavy atom. The number of hydrazine groups is 1. The van der Waals surface area contributed by atoms with E-state index in [1.54, 1.807) is 6.07 Å². The molecule has 0 radical (unpaired) electrons. The summed E-state index contributed by atoms with van der Waals surface area (Å²) in [6.07, 6.45) is 0.897. The minimum Gasteiger partial charge on any atom is -0.484 e. The Bertz CT molecular complexity index is 707. The van der Waals surface area contributed by atoms with Crippen LogP contribution in [0.2, 0.25) is 0 Å². The highest BCUT2D eigenvalue weighted by Gasteiger charge is 2.04. The zero-order valence-corrected chi connectivity index (χ0v) is 14.0. The van der Waals surface area contributed by atoms with Crippen LogP contribution in [-0.4, -0.2) is 17.6 Å². The van der Waals surface area contributed by atoms with Crippen molar-refractivity contribution >= 4 is 28.9 Å². The number of carbonyl (C=O) groups excluding carboxylic acids is 1. The van der Waals surface area contributed by atoms with E-state index < -0.39 is 0 Å². The molecule has 2 aromatic carbocycles. The number of aryl methyl sites for hydroxylation is 1. The lowest BCUT2D eigenvalue weighted by Crippen LogP contribution is -2.45. The molecule has 0 aliphatic rings. The van der Waals surface area contributed by atoms with Crippen LogP contribution in [0.4, 0.5) is 10.1 Å². The lowest BCUT2D eigenvalue weighted by atomic mass is 10.2. The van der Waals surface area contributed by atoms with Crippen molar-refractivity contribution in [1.29, 1.82) is 0 Å². The number of anilines is 1. The van der Waals surface area contributed by atoms with E-state index in [2.05, 4.69) is 16.2 Å². The monoisotopic (exact) mass is 347 g/mol. The Morgan fingerprint density at radius 3 is 2.62 bits per heavy atom. The van der Waals surface area contributed by atoms with Gasteiger partial charge in [-0.05, 0) is 60.6 Å². The van der Waals surface area contributed by atoms with Crippen molar-refractivity contribution < 1.29 is 13.9 Å². The quantitative estimate of drug-likeness (QED) is 0.573. The van der Waals surface area contributed by atoms with Crippen LogP contribution in [0.1, 0.15) is 12.5 Å². The number of nitrogens with one attached hydrogen (secondary N) is 3. The normalized spacial score (nSPS) is 9.92. The first-order valence-corrected chi connectivity index (χ1v) is 7.81. The molecule has 0 spiro atoms. The lowest BCUT2D eigenvalue weighted by Gasteiger charge is -2.12. The highest BCUT2D eigenvalue weighted by molar-refractivity contribution is 7.80. The van der Waals surface area contributed by atoms with Gasteiger partial charge < -0.3 is 10.1 Å². The molecule has 2 aromatic rings. The smallest absolute Gasteiger partial charge is 0.276 e. The molecule has 0 saturated carbocycles. The molecule has 126 valence electrons. The number of ether oxygens (including phenoxy) is 1. The van der Waals surface area contributed by atoms with Gasteiger partial charge in [-0.25, -0.2) is 4.39 Å². The summed E-state index contributed by atoms with van der Waals surface area (Å²) >= 11 is 5.03. The molecule has 0 bridgehead atoms. The predicted molar refractivity (Wildman–Crippen MR) is 95.2 cm³/mol. The van der Waals surface area contributed by atoms with Crippen molar-refractivity contribution in [2.75, 3.05) is 11.9 Å². The molecular formula is C17H18FN3O2S. The van der Waals surface area contributed by atoms with Gasteiger partial charge >= 0.3 is 0 Å². The fraction of sp³-hybridized carbons (Fsp3) is 0.176.